The molecule has 128 valence electrons. The Balaban J connectivity index is 2.31. The van der Waals surface area contributed by atoms with Crippen molar-refractivity contribution in [3.63, 3.8) is 0 Å². The van der Waals surface area contributed by atoms with Crippen LogP contribution in [0.5, 0.6) is 5.75 Å². The maximum absolute atomic E-state index is 10.5. The number of anilines is 1. The van der Waals surface area contributed by atoms with Gasteiger partial charge in [-0.1, -0.05) is 42.5 Å². The molecule has 6 heteroatoms. The summed E-state index contributed by atoms with van der Waals surface area (Å²) in [7, 11) is 0. The van der Waals surface area contributed by atoms with Gasteiger partial charge in [0.2, 0.25) is 0 Å². The summed E-state index contributed by atoms with van der Waals surface area (Å²) in [5.74, 6) is 0.0816. The molecule has 0 saturated carbocycles. The fourth-order valence-electron chi connectivity index (χ4n) is 2.81. The third-order valence-electron chi connectivity index (χ3n) is 4.03. The molecular formula is C21H11BrN4O. The van der Waals surface area contributed by atoms with Crippen LogP contribution in [0.4, 0.5) is 5.69 Å². The fourth-order valence-corrected chi connectivity index (χ4v) is 3.28. The van der Waals surface area contributed by atoms with Crippen molar-refractivity contribution in [1.82, 2.24) is 0 Å². The number of fused-ring (bicyclic) bond motifs is 1. The minimum Gasteiger partial charge on any atom is -0.507 e. The third kappa shape index (κ3) is 3.33. The highest BCUT2D eigenvalue weighted by atomic mass is 79.9. The number of hydrogen-bond acceptors (Lipinski definition) is 5. The number of nitrogens with zero attached hydrogens (tertiary/aromatic N) is 3. The van der Waals surface area contributed by atoms with Crippen LogP contribution in [0.3, 0.4) is 0 Å². The van der Waals surface area contributed by atoms with Crippen molar-refractivity contribution in [3.8, 4) is 35.1 Å². The van der Waals surface area contributed by atoms with Gasteiger partial charge in [-0.15, -0.1) is 0 Å². The lowest BCUT2D eigenvalue weighted by Gasteiger charge is -2.16. The molecular weight excluding hydrogens is 404 g/mol. The second-order valence-electron chi connectivity index (χ2n) is 5.55. The number of phenols is 1. The summed E-state index contributed by atoms with van der Waals surface area (Å²) < 4.78 is 0.621. The average Bonchev–Trinajstić information content (AvgIpc) is 2.69. The lowest BCUT2D eigenvalue weighted by molar-refractivity contribution is 0.478. The van der Waals surface area contributed by atoms with E-state index >= 15 is 0 Å². The Kier molecular flexibility index (Phi) is 5.08. The minimum atomic E-state index is -0.318. The van der Waals surface area contributed by atoms with Crippen LogP contribution in [0.25, 0.3) is 21.9 Å². The van der Waals surface area contributed by atoms with Crippen LogP contribution in [0.1, 0.15) is 0 Å². The van der Waals surface area contributed by atoms with Crippen molar-refractivity contribution in [3.05, 3.63) is 70.3 Å². The average molecular weight is 415 g/mol. The van der Waals surface area contributed by atoms with Gasteiger partial charge in [-0.05, 0) is 38.8 Å². The SMILES string of the molecule is N#CC(C#N)=C(C#N)Nc1c(Br)cccc1-c1c(O)ccc2ccccc12. The predicted molar refractivity (Wildman–Crippen MR) is 106 cm³/mol. The summed E-state index contributed by atoms with van der Waals surface area (Å²) in [5.41, 5.74) is 1.21. The molecule has 5 nitrogen and oxygen atoms in total. The number of halogens is 1. The first-order valence-corrected chi connectivity index (χ1v) is 8.61. The second kappa shape index (κ2) is 7.62. The molecule has 3 aromatic carbocycles. The number of benzene rings is 3. The molecule has 0 aliphatic carbocycles. The van der Waals surface area contributed by atoms with Gasteiger partial charge in [0.15, 0.2) is 5.57 Å². The molecule has 0 aliphatic heterocycles. The molecule has 0 heterocycles. The molecule has 0 aliphatic rings. The summed E-state index contributed by atoms with van der Waals surface area (Å²) >= 11 is 3.44. The van der Waals surface area contributed by atoms with E-state index in [0.29, 0.717) is 21.3 Å². The number of allylic oxidation sites excluding steroid dienone is 2. The van der Waals surface area contributed by atoms with Gasteiger partial charge in [-0.2, -0.15) is 15.8 Å². The molecule has 0 saturated heterocycles. The van der Waals surface area contributed by atoms with E-state index in [1.807, 2.05) is 36.4 Å². The number of aromatic hydroxyl groups is 1. The van der Waals surface area contributed by atoms with E-state index in [9.17, 15) is 10.4 Å². The zero-order valence-electron chi connectivity index (χ0n) is 13.9. The van der Waals surface area contributed by atoms with Crippen LogP contribution in [0.2, 0.25) is 0 Å². The Morgan fingerprint density at radius 1 is 0.889 bits per heavy atom. The van der Waals surface area contributed by atoms with Gasteiger partial charge in [0.25, 0.3) is 0 Å². The molecule has 0 radical (unpaired) electrons. The topological polar surface area (TPSA) is 104 Å². The van der Waals surface area contributed by atoms with Crippen molar-refractivity contribution >= 4 is 32.4 Å². The maximum Gasteiger partial charge on any atom is 0.163 e. The van der Waals surface area contributed by atoms with Gasteiger partial charge >= 0.3 is 0 Å². The molecule has 0 amide bonds. The first kappa shape index (κ1) is 18.0. The fraction of sp³-hybridized carbons (Fsp3) is 0. The lowest BCUT2D eigenvalue weighted by atomic mass is 9.95. The second-order valence-corrected chi connectivity index (χ2v) is 6.41. The molecule has 0 spiro atoms. The van der Waals surface area contributed by atoms with Crippen molar-refractivity contribution < 1.29 is 5.11 Å². The van der Waals surface area contributed by atoms with Gasteiger partial charge in [0.1, 0.15) is 29.7 Å². The number of para-hydroxylation sites is 1. The van der Waals surface area contributed by atoms with Crippen LogP contribution in [0, 0.1) is 34.0 Å². The van der Waals surface area contributed by atoms with Crippen LogP contribution in [-0.2, 0) is 0 Å². The van der Waals surface area contributed by atoms with Crippen molar-refractivity contribution in [1.29, 1.82) is 15.8 Å². The van der Waals surface area contributed by atoms with E-state index < -0.39 is 0 Å². The van der Waals surface area contributed by atoms with E-state index in [1.165, 1.54) is 0 Å². The number of phenolic OH excluding ortho intramolecular Hbond substituents is 1. The third-order valence-corrected chi connectivity index (χ3v) is 4.69. The zero-order chi connectivity index (χ0) is 19.4. The Bertz CT molecular complexity index is 1190. The minimum absolute atomic E-state index is 0.0816. The van der Waals surface area contributed by atoms with Crippen molar-refractivity contribution in [2.45, 2.75) is 0 Å². The summed E-state index contributed by atoms with van der Waals surface area (Å²) in [6.45, 7) is 0. The molecule has 0 atom stereocenters. The smallest absolute Gasteiger partial charge is 0.163 e. The lowest BCUT2D eigenvalue weighted by Crippen LogP contribution is -2.03. The van der Waals surface area contributed by atoms with Crippen LogP contribution in [-0.4, -0.2) is 5.11 Å². The maximum atomic E-state index is 10.5. The van der Waals surface area contributed by atoms with Gasteiger partial charge < -0.3 is 10.4 Å². The summed E-state index contributed by atoms with van der Waals surface area (Å²) in [6, 6.07) is 21.7. The van der Waals surface area contributed by atoms with Crippen LogP contribution >= 0.6 is 15.9 Å². The van der Waals surface area contributed by atoms with Gasteiger partial charge in [-0.25, -0.2) is 0 Å². The van der Waals surface area contributed by atoms with E-state index in [4.69, 9.17) is 10.5 Å². The molecule has 3 rings (SSSR count). The molecule has 27 heavy (non-hydrogen) atoms. The van der Waals surface area contributed by atoms with E-state index in [1.54, 1.807) is 36.4 Å². The molecule has 0 aromatic heterocycles. The molecule has 2 N–H and O–H groups in total. The highest BCUT2D eigenvalue weighted by Gasteiger charge is 2.17. The first-order valence-electron chi connectivity index (χ1n) is 7.82. The quantitative estimate of drug-likeness (QED) is 0.572. The van der Waals surface area contributed by atoms with Crippen molar-refractivity contribution in [2.24, 2.45) is 0 Å². The predicted octanol–water partition coefficient (Wildman–Crippen LogP) is 5.21. The van der Waals surface area contributed by atoms with E-state index in [-0.39, 0.29) is 17.0 Å². The number of hydrogen-bond donors (Lipinski definition) is 2. The largest absolute Gasteiger partial charge is 0.507 e. The van der Waals surface area contributed by atoms with Gasteiger partial charge in [-0.3, -0.25) is 0 Å². The summed E-state index contributed by atoms with van der Waals surface area (Å²) in [5, 5.41) is 42.7. The molecule has 0 bridgehead atoms. The molecule has 0 unspecified atom stereocenters. The van der Waals surface area contributed by atoms with E-state index in [2.05, 4.69) is 21.2 Å². The molecule has 3 aromatic rings. The van der Waals surface area contributed by atoms with Crippen LogP contribution < -0.4 is 5.32 Å². The monoisotopic (exact) mass is 414 g/mol. The summed E-state index contributed by atoms with van der Waals surface area (Å²) in [6.07, 6.45) is 0. The van der Waals surface area contributed by atoms with Crippen LogP contribution in [0.15, 0.2) is 70.3 Å². The number of nitrogens with one attached hydrogen (secondary N) is 1. The van der Waals surface area contributed by atoms with Crippen molar-refractivity contribution in [2.75, 3.05) is 5.32 Å². The molecule has 0 fully saturated rings. The van der Waals surface area contributed by atoms with Gasteiger partial charge in [0.05, 0.1) is 5.69 Å². The standard InChI is InChI=1S/C21H11BrN4O/c22-17-7-3-6-16(21(17)26-18(12-25)14(10-23)11-24)20-15-5-2-1-4-13(15)8-9-19(20)27/h1-9,26-27H. The van der Waals surface area contributed by atoms with E-state index in [0.717, 1.165) is 10.8 Å². The number of nitriles is 3. The summed E-state index contributed by atoms with van der Waals surface area (Å²) in [4.78, 5) is 0. The van der Waals surface area contributed by atoms with Gasteiger partial charge in [0, 0.05) is 15.6 Å². The Morgan fingerprint density at radius 2 is 1.63 bits per heavy atom. The first-order chi connectivity index (χ1) is 13.1. The highest BCUT2D eigenvalue weighted by molar-refractivity contribution is 9.10. The Morgan fingerprint density at radius 3 is 2.33 bits per heavy atom. The Labute approximate surface area is 164 Å². The zero-order valence-corrected chi connectivity index (χ0v) is 15.4. The normalized spacial score (nSPS) is 9.70. The number of rotatable bonds is 3. The Hall–Kier alpha value is -3.79. The highest BCUT2D eigenvalue weighted by Crippen LogP contribution is 2.43.